The second-order valence-electron chi connectivity index (χ2n) is 12.1. The summed E-state index contributed by atoms with van der Waals surface area (Å²) in [7, 11) is 0. The van der Waals surface area contributed by atoms with Crippen molar-refractivity contribution in [3.63, 3.8) is 0 Å². The van der Waals surface area contributed by atoms with E-state index in [2.05, 4.69) is 116 Å². The molecule has 208 valence electrons. The highest BCUT2D eigenvalue weighted by Gasteiger charge is 2.42. The van der Waals surface area contributed by atoms with E-state index in [-0.39, 0.29) is 5.41 Å². The summed E-state index contributed by atoms with van der Waals surface area (Å²) in [6.07, 6.45) is 24.8. The van der Waals surface area contributed by atoms with Crippen molar-refractivity contribution >= 4 is 0 Å². The Hall–Kier alpha value is -2.35. The maximum atomic E-state index is 2.50. The normalized spacial score (nSPS) is 14.0. The van der Waals surface area contributed by atoms with E-state index in [1.807, 2.05) is 0 Å². The van der Waals surface area contributed by atoms with Crippen molar-refractivity contribution in [1.82, 2.24) is 4.57 Å². The second-order valence-corrected chi connectivity index (χ2v) is 12.1. The minimum Gasteiger partial charge on any atom is -0.237 e. The molecule has 2 atom stereocenters. The Labute approximate surface area is 234 Å². The molecule has 1 aromatic heterocycles. The summed E-state index contributed by atoms with van der Waals surface area (Å²) in [6, 6.07) is 22.6. The number of hydrogen-bond donors (Lipinski definition) is 0. The minimum absolute atomic E-state index is 0.0103. The van der Waals surface area contributed by atoms with E-state index in [1.54, 1.807) is 0 Å². The quantitative estimate of drug-likeness (QED) is 0.111. The van der Waals surface area contributed by atoms with Gasteiger partial charge in [0, 0.05) is 5.41 Å². The molecule has 2 aromatic carbocycles. The predicted molar refractivity (Wildman–Crippen MR) is 164 cm³/mol. The molecule has 3 aromatic rings. The molecular weight excluding hydrogens is 460 g/mol. The van der Waals surface area contributed by atoms with Crippen molar-refractivity contribution in [2.45, 2.75) is 129 Å². The van der Waals surface area contributed by atoms with Crippen LogP contribution >= 0.6 is 0 Å². The van der Waals surface area contributed by atoms with E-state index >= 15 is 0 Å². The number of benzene rings is 2. The number of hydrogen-bond acceptors (Lipinski definition) is 0. The zero-order valence-electron chi connectivity index (χ0n) is 25.0. The fourth-order valence-electron chi connectivity index (χ4n) is 6.47. The van der Waals surface area contributed by atoms with Crippen molar-refractivity contribution in [1.29, 1.82) is 0 Å². The third-order valence-electron chi connectivity index (χ3n) is 8.43. The molecule has 2 heteroatoms. The summed E-state index contributed by atoms with van der Waals surface area (Å²) in [5.74, 6) is 0.511. The van der Waals surface area contributed by atoms with Gasteiger partial charge in [-0.25, -0.2) is 9.13 Å². The number of aromatic nitrogens is 2. The Bertz CT molecular complexity index is 990. The average Bonchev–Trinajstić information content (AvgIpc) is 3.38. The largest absolute Gasteiger partial charge is 0.244 e. The van der Waals surface area contributed by atoms with Crippen molar-refractivity contribution in [3.05, 3.63) is 90.5 Å². The van der Waals surface area contributed by atoms with Gasteiger partial charge in [-0.15, -0.1) is 0 Å². The lowest BCUT2D eigenvalue weighted by molar-refractivity contribution is -0.697. The standard InChI is InChI=1S/C36H55N2/c1-5-6-7-8-9-10-11-12-13-14-15-22-27-37-28-29-38(31-37)35(32(2)3)36(4,34-25-20-17-21-26-34)30-33-23-18-16-19-24-33/h16-21,23-26,28-29,31-32,35H,5-15,22,27,30H2,1-4H3/q+1. The van der Waals surface area contributed by atoms with Crippen LogP contribution in [0, 0.1) is 5.92 Å². The molecule has 0 bridgehead atoms. The number of aryl methyl sites for hydroxylation is 1. The Morgan fingerprint density at radius 1 is 0.711 bits per heavy atom. The highest BCUT2D eigenvalue weighted by Crippen LogP contribution is 2.42. The lowest BCUT2D eigenvalue weighted by atomic mass is 9.68. The zero-order chi connectivity index (χ0) is 27.1. The van der Waals surface area contributed by atoms with Crippen LogP contribution < -0.4 is 4.57 Å². The van der Waals surface area contributed by atoms with Crippen molar-refractivity contribution in [3.8, 4) is 0 Å². The molecule has 1 heterocycles. The molecule has 0 fully saturated rings. The molecular formula is C36H55N2+. The Morgan fingerprint density at radius 3 is 1.79 bits per heavy atom. The topological polar surface area (TPSA) is 8.81 Å². The van der Waals surface area contributed by atoms with Gasteiger partial charge in [0.1, 0.15) is 18.4 Å². The first-order valence-corrected chi connectivity index (χ1v) is 15.7. The van der Waals surface area contributed by atoms with Gasteiger partial charge in [-0.3, -0.25) is 0 Å². The lowest BCUT2D eigenvalue weighted by Gasteiger charge is -2.38. The summed E-state index contributed by atoms with van der Waals surface area (Å²) in [5, 5.41) is 0. The van der Waals surface area contributed by atoms with Crippen molar-refractivity contribution in [2.75, 3.05) is 0 Å². The van der Waals surface area contributed by atoms with Crippen LogP contribution in [0.15, 0.2) is 79.4 Å². The smallest absolute Gasteiger partial charge is 0.237 e. The summed E-state index contributed by atoms with van der Waals surface area (Å²) in [4.78, 5) is 0. The van der Waals surface area contributed by atoms with Crippen molar-refractivity contribution in [2.24, 2.45) is 5.92 Å². The predicted octanol–water partition coefficient (Wildman–Crippen LogP) is 9.87. The zero-order valence-corrected chi connectivity index (χ0v) is 25.0. The van der Waals surface area contributed by atoms with Crippen LogP contribution in [0.4, 0.5) is 0 Å². The van der Waals surface area contributed by atoms with Gasteiger partial charge in [-0.1, -0.05) is 153 Å². The Kier molecular flexibility index (Phi) is 13.2. The molecule has 0 spiro atoms. The highest BCUT2D eigenvalue weighted by molar-refractivity contribution is 5.31. The molecule has 0 saturated heterocycles. The van der Waals surface area contributed by atoms with Gasteiger partial charge in [-0.2, -0.15) is 0 Å². The molecule has 3 rings (SSSR count). The van der Waals surface area contributed by atoms with Crippen LogP contribution in [0.1, 0.15) is 122 Å². The van der Waals surface area contributed by atoms with Gasteiger partial charge < -0.3 is 0 Å². The van der Waals surface area contributed by atoms with Crippen LogP contribution in [-0.4, -0.2) is 4.57 Å². The van der Waals surface area contributed by atoms with Gasteiger partial charge >= 0.3 is 0 Å². The van der Waals surface area contributed by atoms with Crippen LogP contribution in [0.3, 0.4) is 0 Å². The average molecular weight is 516 g/mol. The molecule has 38 heavy (non-hydrogen) atoms. The van der Waals surface area contributed by atoms with Gasteiger partial charge in [-0.05, 0) is 36.3 Å². The number of nitrogens with zero attached hydrogens (tertiary/aromatic N) is 2. The summed E-state index contributed by atoms with van der Waals surface area (Å²) in [5.41, 5.74) is 2.81. The molecule has 0 amide bonds. The van der Waals surface area contributed by atoms with Gasteiger partial charge in [0.15, 0.2) is 0 Å². The molecule has 0 N–H and O–H groups in total. The van der Waals surface area contributed by atoms with E-state index in [1.165, 1.54) is 88.2 Å². The third kappa shape index (κ3) is 9.44. The van der Waals surface area contributed by atoms with Gasteiger partial charge in [0.05, 0.1) is 6.54 Å². The fraction of sp³-hybridized carbons (Fsp3) is 0.583. The Balaban J connectivity index is 1.54. The fourth-order valence-corrected chi connectivity index (χ4v) is 6.47. The Morgan fingerprint density at radius 2 is 1.24 bits per heavy atom. The van der Waals surface area contributed by atoms with E-state index in [0.29, 0.717) is 12.0 Å². The summed E-state index contributed by atoms with van der Waals surface area (Å²) in [6.45, 7) is 10.6. The first kappa shape index (κ1) is 30.2. The van der Waals surface area contributed by atoms with Crippen LogP contribution in [0.5, 0.6) is 0 Å². The van der Waals surface area contributed by atoms with E-state index < -0.39 is 0 Å². The van der Waals surface area contributed by atoms with Gasteiger partial charge in [0.2, 0.25) is 6.33 Å². The first-order valence-electron chi connectivity index (χ1n) is 15.7. The molecule has 0 saturated carbocycles. The SMILES string of the molecule is CCCCCCCCCCCCCC[n+]1ccn(C(C(C)C)C(C)(Cc2ccccc2)c2ccccc2)c1. The molecule has 0 aliphatic carbocycles. The number of rotatable bonds is 19. The number of unbranched alkanes of at least 4 members (excludes halogenated alkanes) is 11. The van der Waals surface area contributed by atoms with Crippen LogP contribution in [0.25, 0.3) is 0 Å². The van der Waals surface area contributed by atoms with Gasteiger partial charge in [0.25, 0.3) is 0 Å². The van der Waals surface area contributed by atoms with Crippen LogP contribution in [0.2, 0.25) is 0 Å². The molecule has 0 aliphatic rings. The van der Waals surface area contributed by atoms with E-state index in [4.69, 9.17) is 0 Å². The molecule has 2 unspecified atom stereocenters. The molecule has 0 radical (unpaired) electrons. The summed E-state index contributed by atoms with van der Waals surface area (Å²) >= 11 is 0. The van der Waals surface area contributed by atoms with E-state index in [9.17, 15) is 0 Å². The number of imidazole rings is 1. The maximum absolute atomic E-state index is 2.50. The second kappa shape index (κ2) is 16.6. The highest BCUT2D eigenvalue weighted by atomic mass is 15.1. The minimum atomic E-state index is -0.0103. The third-order valence-corrected chi connectivity index (χ3v) is 8.43. The lowest BCUT2D eigenvalue weighted by Crippen LogP contribution is -2.40. The monoisotopic (exact) mass is 515 g/mol. The van der Waals surface area contributed by atoms with E-state index in [0.717, 1.165) is 13.0 Å². The molecule has 0 aliphatic heterocycles. The summed E-state index contributed by atoms with van der Waals surface area (Å²) < 4.78 is 4.92. The van der Waals surface area contributed by atoms with Crippen molar-refractivity contribution < 1.29 is 4.57 Å². The van der Waals surface area contributed by atoms with Crippen LogP contribution in [-0.2, 0) is 18.4 Å². The first-order chi connectivity index (χ1) is 18.5. The maximum Gasteiger partial charge on any atom is 0.244 e. The molecule has 2 nitrogen and oxygen atoms in total.